The molecule has 0 bridgehead atoms. The van der Waals surface area contributed by atoms with Crippen molar-refractivity contribution in [1.82, 2.24) is 4.57 Å². The van der Waals surface area contributed by atoms with Crippen LogP contribution in [0.2, 0.25) is 0 Å². The van der Waals surface area contributed by atoms with Crippen molar-refractivity contribution >= 4 is 17.6 Å². The average molecular weight is 673 g/mol. The van der Waals surface area contributed by atoms with Gasteiger partial charge in [0.1, 0.15) is 17.2 Å². The van der Waals surface area contributed by atoms with Crippen LogP contribution in [-0.2, 0) is 25.5 Å². The third-order valence-electron chi connectivity index (χ3n) is 8.26. The van der Waals surface area contributed by atoms with Crippen molar-refractivity contribution in [2.75, 3.05) is 5.32 Å². The fourth-order valence-electron chi connectivity index (χ4n) is 6.62. The third-order valence-corrected chi connectivity index (χ3v) is 8.26. The molecule has 2 heterocycles. The molecule has 9 heteroatoms. The van der Waals surface area contributed by atoms with E-state index in [0.29, 0.717) is 36.2 Å². The molecule has 2 atom stereocenters. The van der Waals surface area contributed by atoms with E-state index in [4.69, 9.17) is 14.2 Å². The van der Waals surface area contributed by atoms with Crippen LogP contribution in [0, 0.1) is 11.6 Å². The second-order valence-corrected chi connectivity index (χ2v) is 14.3. The number of nitrogens with zero attached hydrogens (tertiary/aromatic N) is 1. The summed E-state index contributed by atoms with van der Waals surface area (Å²) in [5, 5.41) is 2.92. The molecule has 260 valence electrons. The summed E-state index contributed by atoms with van der Waals surface area (Å²) < 4.78 is 48.6. The van der Waals surface area contributed by atoms with Gasteiger partial charge in [0.15, 0.2) is 5.79 Å². The van der Waals surface area contributed by atoms with E-state index >= 15 is 0 Å². The number of rotatable bonds is 10. The van der Waals surface area contributed by atoms with E-state index in [9.17, 15) is 18.4 Å². The van der Waals surface area contributed by atoms with Crippen LogP contribution in [-0.4, -0.2) is 40.0 Å². The number of benzene rings is 3. The van der Waals surface area contributed by atoms with Crippen molar-refractivity contribution in [3.63, 3.8) is 0 Å². The number of carbonyl (C=O) groups is 2. The molecule has 1 saturated heterocycles. The zero-order valence-electron chi connectivity index (χ0n) is 29.3. The van der Waals surface area contributed by atoms with Crippen molar-refractivity contribution in [3.8, 4) is 22.4 Å². The summed E-state index contributed by atoms with van der Waals surface area (Å²) in [4.78, 5) is 27.1. The van der Waals surface area contributed by atoms with Crippen molar-refractivity contribution in [2.24, 2.45) is 0 Å². The molecule has 0 saturated carbocycles. The minimum absolute atomic E-state index is 0.102. The lowest BCUT2D eigenvalue weighted by Gasteiger charge is -2.41. The quantitative estimate of drug-likeness (QED) is 0.170. The minimum Gasteiger partial charge on any atom is -0.460 e. The smallest absolute Gasteiger partial charge is 0.308 e. The number of ether oxygens (including phenoxy) is 3. The highest BCUT2D eigenvalue weighted by Crippen LogP contribution is 2.43. The van der Waals surface area contributed by atoms with Gasteiger partial charge in [0.25, 0.3) is 5.91 Å². The van der Waals surface area contributed by atoms with E-state index in [-0.39, 0.29) is 36.1 Å². The number of carbonyl (C=O) groups excluding carboxylic acids is 2. The van der Waals surface area contributed by atoms with Crippen LogP contribution in [0.5, 0.6) is 0 Å². The number of hydrogen-bond donors (Lipinski definition) is 1. The highest BCUT2D eigenvalue weighted by molar-refractivity contribution is 6.12. The number of amides is 1. The Bertz CT molecular complexity index is 1770. The van der Waals surface area contributed by atoms with E-state index in [0.717, 1.165) is 22.5 Å². The number of nitrogens with one attached hydrogen (secondary N) is 1. The van der Waals surface area contributed by atoms with Crippen LogP contribution < -0.4 is 5.32 Å². The topological polar surface area (TPSA) is 78.8 Å². The third kappa shape index (κ3) is 9.02. The monoisotopic (exact) mass is 672 g/mol. The first kappa shape index (κ1) is 36.0. The summed E-state index contributed by atoms with van der Waals surface area (Å²) in [6, 6.07) is 21.7. The molecule has 49 heavy (non-hydrogen) atoms. The molecule has 7 nitrogen and oxygen atoms in total. The van der Waals surface area contributed by atoms with Gasteiger partial charge < -0.3 is 24.1 Å². The van der Waals surface area contributed by atoms with Gasteiger partial charge in [0.05, 0.1) is 29.9 Å². The summed E-state index contributed by atoms with van der Waals surface area (Å²) in [5.41, 5.74) is 3.98. The Morgan fingerprint density at radius 3 is 2.22 bits per heavy atom. The van der Waals surface area contributed by atoms with Gasteiger partial charge in [0, 0.05) is 29.9 Å². The van der Waals surface area contributed by atoms with Crippen molar-refractivity contribution in [1.29, 1.82) is 0 Å². The number of esters is 1. The Hall–Kier alpha value is -4.34. The van der Waals surface area contributed by atoms with Crippen LogP contribution in [0.1, 0.15) is 89.7 Å². The summed E-state index contributed by atoms with van der Waals surface area (Å²) >= 11 is 0. The molecular formula is C40H46F2N2O5. The van der Waals surface area contributed by atoms with E-state index in [2.05, 4.69) is 9.88 Å². The lowest BCUT2D eigenvalue weighted by Crippen LogP contribution is -2.46. The molecule has 1 fully saturated rings. The van der Waals surface area contributed by atoms with Crippen molar-refractivity contribution < 1.29 is 32.6 Å². The molecular weight excluding hydrogens is 626 g/mol. The Labute approximate surface area is 287 Å². The highest BCUT2D eigenvalue weighted by atomic mass is 19.1. The lowest BCUT2D eigenvalue weighted by atomic mass is 9.94. The molecule has 1 aromatic heterocycles. The molecule has 1 N–H and O–H groups in total. The molecule has 1 amide bonds. The van der Waals surface area contributed by atoms with Gasteiger partial charge in [-0.3, -0.25) is 9.59 Å². The zero-order chi connectivity index (χ0) is 35.5. The molecule has 5 rings (SSSR count). The van der Waals surface area contributed by atoms with Gasteiger partial charge in [0.2, 0.25) is 0 Å². The average Bonchev–Trinajstić information content (AvgIpc) is 3.35. The van der Waals surface area contributed by atoms with E-state index in [1.54, 1.807) is 24.3 Å². The maximum Gasteiger partial charge on any atom is 0.308 e. The Morgan fingerprint density at radius 2 is 1.59 bits per heavy atom. The summed E-state index contributed by atoms with van der Waals surface area (Å²) in [5.74, 6) is -2.59. The summed E-state index contributed by atoms with van der Waals surface area (Å²) in [6.07, 6.45) is 0.446. The lowest BCUT2D eigenvalue weighted by molar-refractivity contribution is -0.301. The predicted molar refractivity (Wildman–Crippen MR) is 187 cm³/mol. The first-order chi connectivity index (χ1) is 23.1. The van der Waals surface area contributed by atoms with Gasteiger partial charge in [-0.15, -0.1) is 0 Å². The SMILES string of the molecule is CC(C)c1c(C(=O)Nc2cccc(F)c2)c(-c2ccccc2)c(-c2ccc(F)cc2)n1CCC1CC(CC(=O)OC(C)(C)C)OC(C)(C)O1. The molecule has 2 unspecified atom stereocenters. The van der Waals surface area contributed by atoms with Gasteiger partial charge in [-0.05, 0) is 101 Å². The molecule has 1 aliphatic rings. The number of aromatic nitrogens is 1. The molecule has 3 aromatic carbocycles. The van der Waals surface area contributed by atoms with Gasteiger partial charge in [-0.2, -0.15) is 0 Å². The van der Waals surface area contributed by atoms with Crippen LogP contribution in [0.25, 0.3) is 22.4 Å². The van der Waals surface area contributed by atoms with E-state index in [1.807, 2.05) is 78.8 Å². The highest BCUT2D eigenvalue weighted by Gasteiger charge is 2.38. The first-order valence-corrected chi connectivity index (χ1v) is 16.8. The van der Waals surface area contributed by atoms with Crippen molar-refractivity contribution in [3.05, 3.63) is 102 Å². The Balaban J connectivity index is 1.60. The predicted octanol–water partition coefficient (Wildman–Crippen LogP) is 9.51. The van der Waals surface area contributed by atoms with E-state index < -0.39 is 23.3 Å². The number of halogens is 2. The fourth-order valence-corrected chi connectivity index (χ4v) is 6.62. The molecule has 0 aliphatic carbocycles. The zero-order valence-corrected chi connectivity index (χ0v) is 29.3. The second kappa shape index (κ2) is 14.6. The van der Waals surface area contributed by atoms with Gasteiger partial charge in [-0.1, -0.05) is 50.2 Å². The largest absolute Gasteiger partial charge is 0.460 e. The van der Waals surface area contributed by atoms with Crippen molar-refractivity contribution in [2.45, 2.75) is 104 Å². The Kier molecular flexibility index (Phi) is 10.7. The maximum atomic E-state index is 14.3. The molecule has 0 spiro atoms. The van der Waals surface area contributed by atoms with Gasteiger partial charge >= 0.3 is 5.97 Å². The minimum atomic E-state index is -0.932. The second-order valence-electron chi connectivity index (χ2n) is 14.3. The first-order valence-electron chi connectivity index (χ1n) is 16.8. The van der Waals surface area contributed by atoms with Crippen LogP contribution >= 0.6 is 0 Å². The molecule has 0 radical (unpaired) electrons. The van der Waals surface area contributed by atoms with Crippen LogP contribution in [0.3, 0.4) is 0 Å². The normalized spacial score (nSPS) is 17.6. The maximum absolute atomic E-state index is 14.3. The van der Waals surface area contributed by atoms with Gasteiger partial charge in [-0.25, -0.2) is 8.78 Å². The fraction of sp³-hybridized carbons (Fsp3) is 0.400. The van der Waals surface area contributed by atoms with E-state index in [1.165, 1.54) is 24.3 Å². The van der Waals surface area contributed by atoms with Crippen LogP contribution in [0.4, 0.5) is 14.5 Å². The number of hydrogen-bond acceptors (Lipinski definition) is 5. The Morgan fingerprint density at radius 1 is 0.918 bits per heavy atom. The number of anilines is 1. The molecule has 1 aliphatic heterocycles. The van der Waals surface area contributed by atoms with Crippen LogP contribution in [0.15, 0.2) is 78.9 Å². The molecule has 4 aromatic rings. The standard InChI is InChI=1S/C40H46F2N2O5/c1-25(2)36-35(38(46)43-30-15-11-14-29(42)22-30)34(26-12-9-8-10-13-26)37(27-16-18-28(41)19-17-27)44(36)21-20-31-23-32(48-40(6,7)47-31)24-33(45)49-39(3,4)5/h8-19,22,25,31-32H,20-21,23-24H2,1-7H3,(H,43,46). The summed E-state index contributed by atoms with van der Waals surface area (Å²) in [7, 11) is 0. The summed E-state index contributed by atoms with van der Waals surface area (Å²) in [6.45, 7) is 13.7.